The van der Waals surface area contributed by atoms with Crippen LogP contribution in [0.2, 0.25) is 0 Å². The molecule has 0 aliphatic rings. The minimum absolute atomic E-state index is 0.116. The van der Waals surface area contributed by atoms with Gasteiger partial charge in [0.15, 0.2) is 24.3 Å². The SMILES string of the molecule is CCS(=O)(=O)C(CCC(C)C)S(=O)(=O)CC. The Labute approximate surface area is 99.3 Å². The summed E-state index contributed by atoms with van der Waals surface area (Å²) in [6.45, 7) is 6.88. The molecule has 0 radical (unpaired) electrons. The van der Waals surface area contributed by atoms with Crippen LogP contribution in [0, 0.1) is 5.92 Å². The number of hydrogen-bond acceptors (Lipinski definition) is 4. The molecule has 4 nitrogen and oxygen atoms in total. The second-order valence-electron chi connectivity index (χ2n) is 4.30. The van der Waals surface area contributed by atoms with Gasteiger partial charge in [-0.3, -0.25) is 0 Å². The molecule has 16 heavy (non-hydrogen) atoms. The quantitative estimate of drug-likeness (QED) is 0.705. The van der Waals surface area contributed by atoms with Crippen molar-refractivity contribution < 1.29 is 16.8 Å². The Hall–Kier alpha value is -0.100. The molecule has 0 heterocycles. The maximum Gasteiger partial charge on any atom is 0.167 e. The Morgan fingerprint density at radius 1 is 0.812 bits per heavy atom. The van der Waals surface area contributed by atoms with Gasteiger partial charge >= 0.3 is 0 Å². The van der Waals surface area contributed by atoms with Crippen LogP contribution in [0.25, 0.3) is 0 Å². The fourth-order valence-corrected chi connectivity index (χ4v) is 5.76. The van der Waals surface area contributed by atoms with Gasteiger partial charge in [-0.25, -0.2) is 16.8 Å². The summed E-state index contributed by atoms with van der Waals surface area (Å²) < 4.78 is 45.7. The standard InChI is InChI=1S/C10H22O4S2/c1-5-15(11,12)10(8-7-9(3)4)16(13,14)6-2/h9-10H,5-8H2,1-4H3. The summed E-state index contributed by atoms with van der Waals surface area (Å²) in [6, 6.07) is 0. The molecule has 6 heteroatoms. The van der Waals surface area contributed by atoms with E-state index in [2.05, 4.69) is 0 Å². The van der Waals surface area contributed by atoms with E-state index in [9.17, 15) is 16.8 Å². The molecular weight excluding hydrogens is 248 g/mol. The Bertz CT molecular complexity index is 359. The zero-order valence-electron chi connectivity index (χ0n) is 10.4. The highest BCUT2D eigenvalue weighted by molar-refractivity contribution is 8.09. The van der Waals surface area contributed by atoms with Crippen molar-refractivity contribution >= 4 is 19.7 Å². The lowest BCUT2D eigenvalue weighted by Gasteiger charge is -2.17. The molecule has 0 rings (SSSR count). The molecule has 0 bridgehead atoms. The molecule has 0 fully saturated rings. The summed E-state index contributed by atoms with van der Waals surface area (Å²) in [7, 11) is -7.03. The third kappa shape index (κ3) is 4.41. The van der Waals surface area contributed by atoms with Gasteiger partial charge in [0.05, 0.1) is 0 Å². The van der Waals surface area contributed by atoms with Gasteiger partial charge in [-0.15, -0.1) is 0 Å². The predicted molar refractivity (Wildman–Crippen MR) is 66.8 cm³/mol. The minimum atomic E-state index is -3.51. The summed E-state index contributed by atoms with van der Waals surface area (Å²) in [5, 5.41) is 0. The Kier molecular flexibility index (Phi) is 5.96. The van der Waals surface area contributed by atoms with E-state index in [0.29, 0.717) is 12.3 Å². The van der Waals surface area contributed by atoms with Crippen LogP contribution < -0.4 is 0 Å². The second-order valence-corrected chi connectivity index (χ2v) is 9.55. The van der Waals surface area contributed by atoms with Gasteiger partial charge in [0.2, 0.25) is 0 Å². The smallest absolute Gasteiger partial charge is 0.167 e. The Morgan fingerprint density at radius 2 is 1.19 bits per heavy atom. The summed E-state index contributed by atoms with van der Waals surface area (Å²) in [5.74, 6) is 0.0749. The number of rotatable bonds is 7. The molecule has 0 saturated heterocycles. The molecule has 98 valence electrons. The molecule has 0 aliphatic heterocycles. The van der Waals surface area contributed by atoms with E-state index in [1.54, 1.807) is 0 Å². The highest BCUT2D eigenvalue weighted by Gasteiger charge is 2.34. The van der Waals surface area contributed by atoms with E-state index in [1.165, 1.54) is 13.8 Å². The monoisotopic (exact) mass is 270 g/mol. The molecule has 0 aliphatic carbocycles. The van der Waals surface area contributed by atoms with Crippen LogP contribution in [0.15, 0.2) is 0 Å². The molecular formula is C10H22O4S2. The van der Waals surface area contributed by atoms with Crippen molar-refractivity contribution in [2.24, 2.45) is 5.92 Å². The van der Waals surface area contributed by atoms with Crippen LogP contribution in [-0.2, 0) is 19.7 Å². The van der Waals surface area contributed by atoms with E-state index >= 15 is 0 Å². The zero-order valence-corrected chi connectivity index (χ0v) is 12.1. The Balaban J connectivity index is 5.09. The maximum absolute atomic E-state index is 11.7. The van der Waals surface area contributed by atoms with Gasteiger partial charge in [0.25, 0.3) is 0 Å². The summed E-state index contributed by atoms with van der Waals surface area (Å²) in [6.07, 6.45) is 0.827. The second kappa shape index (κ2) is 6.00. The third-order valence-corrected chi connectivity index (χ3v) is 8.03. The minimum Gasteiger partial charge on any atom is -0.228 e. The first-order chi connectivity index (χ1) is 7.17. The average molecular weight is 270 g/mol. The molecule has 0 amide bonds. The van der Waals surface area contributed by atoms with Crippen molar-refractivity contribution in [3.8, 4) is 0 Å². The molecule has 0 atom stereocenters. The van der Waals surface area contributed by atoms with Crippen molar-refractivity contribution in [3.05, 3.63) is 0 Å². The Morgan fingerprint density at radius 3 is 1.44 bits per heavy atom. The number of hydrogen-bond donors (Lipinski definition) is 0. The predicted octanol–water partition coefficient (Wildman–Crippen LogP) is 1.62. The summed E-state index contributed by atoms with van der Waals surface area (Å²) in [5.41, 5.74) is 0. The lowest BCUT2D eigenvalue weighted by molar-refractivity contribution is 0.535. The molecule has 0 aromatic rings. The first kappa shape index (κ1) is 15.9. The average Bonchev–Trinajstić information content (AvgIpc) is 2.17. The summed E-state index contributed by atoms with van der Waals surface area (Å²) in [4.78, 5) is 0. The maximum atomic E-state index is 11.7. The molecule has 0 aromatic carbocycles. The van der Waals surface area contributed by atoms with Crippen LogP contribution in [0.4, 0.5) is 0 Å². The molecule has 0 aromatic heterocycles. The molecule has 0 saturated carbocycles. The van der Waals surface area contributed by atoms with Gasteiger partial charge in [0.1, 0.15) is 0 Å². The fourth-order valence-electron chi connectivity index (χ4n) is 1.42. The topological polar surface area (TPSA) is 68.3 Å². The van der Waals surface area contributed by atoms with Crippen molar-refractivity contribution in [1.82, 2.24) is 0 Å². The van der Waals surface area contributed by atoms with Crippen molar-refractivity contribution in [2.45, 2.75) is 45.1 Å². The van der Waals surface area contributed by atoms with E-state index in [4.69, 9.17) is 0 Å². The van der Waals surface area contributed by atoms with E-state index in [0.717, 1.165) is 0 Å². The molecule has 0 N–H and O–H groups in total. The van der Waals surface area contributed by atoms with Crippen LogP contribution >= 0.6 is 0 Å². The van der Waals surface area contributed by atoms with Gasteiger partial charge in [-0.05, 0) is 18.8 Å². The van der Waals surface area contributed by atoms with Gasteiger partial charge < -0.3 is 0 Å². The highest BCUT2D eigenvalue weighted by Crippen LogP contribution is 2.20. The van der Waals surface area contributed by atoms with E-state index in [1.807, 2.05) is 13.8 Å². The highest BCUT2D eigenvalue weighted by atomic mass is 32.3. The lowest BCUT2D eigenvalue weighted by Crippen LogP contribution is -2.33. The first-order valence-electron chi connectivity index (χ1n) is 5.60. The van der Waals surface area contributed by atoms with Crippen LogP contribution in [0.3, 0.4) is 0 Å². The summed E-state index contributed by atoms with van der Waals surface area (Å²) >= 11 is 0. The molecule has 0 spiro atoms. The number of sulfone groups is 2. The fraction of sp³-hybridized carbons (Fsp3) is 1.00. The van der Waals surface area contributed by atoms with Crippen molar-refractivity contribution in [1.29, 1.82) is 0 Å². The van der Waals surface area contributed by atoms with Gasteiger partial charge in [-0.1, -0.05) is 27.7 Å². The van der Waals surface area contributed by atoms with Crippen LogP contribution in [0.5, 0.6) is 0 Å². The zero-order chi connectivity index (χ0) is 13.0. The van der Waals surface area contributed by atoms with Crippen molar-refractivity contribution in [3.63, 3.8) is 0 Å². The largest absolute Gasteiger partial charge is 0.228 e. The van der Waals surface area contributed by atoms with Crippen molar-refractivity contribution in [2.75, 3.05) is 11.5 Å². The third-order valence-electron chi connectivity index (χ3n) is 2.59. The lowest BCUT2D eigenvalue weighted by atomic mass is 10.1. The van der Waals surface area contributed by atoms with Crippen LogP contribution in [0.1, 0.15) is 40.5 Å². The van der Waals surface area contributed by atoms with Gasteiger partial charge in [0, 0.05) is 11.5 Å². The van der Waals surface area contributed by atoms with Gasteiger partial charge in [-0.2, -0.15) is 0 Å². The normalized spacial score (nSPS) is 13.6. The first-order valence-corrected chi connectivity index (χ1v) is 9.03. The van der Waals surface area contributed by atoms with Crippen LogP contribution in [-0.4, -0.2) is 32.9 Å². The van der Waals surface area contributed by atoms with E-state index in [-0.39, 0.29) is 17.9 Å². The van der Waals surface area contributed by atoms with E-state index < -0.39 is 24.3 Å². The molecule has 0 unspecified atom stereocenters.